The van der Waals surface area contributed by atoms with E-state index in [9.17, 15) is 0 Å². The summed E-state index contributed by atoms with van der Waals surface area (Å²) in [6.45, 7) is 6.42. The monoisotopic (exact) mass is 723 g/mol. The topological polar surface area (TPSA) is 12.5 Å². The number of ether oxygens (including phenoxy) is 1. The number of anilines is 3. The van der Waals surface area contributed by atoms with Gasteiger partial charge in [0.05, 0.1) is 12.8 Å². The first-order valence-electron chi connectivity index (χ1n) is 19.2. The summed E-state index contributed by atoms with van der Waals surface area (Å²) in [7, 11) is 1.72. The Hall–Kier alpha value is -6.90. The molecule has 0 fully saturated rings. The van der Waals surface area contributed by atoms with E-state index in [4.69, 9.17) is 4.74 Å². The van der Waals surface area contributed by atoms with E-state index in [-0.39, 0.29) is 0 Å². The summed E-state index contributed by atoms with van der Waals surface area (Å²) in [6.07, 6.45) is 4.64. The van der Waals surface area contributed by atoms with Gasteiger partial charge < -0.3 is 9.64 Å². The highest BCUT2D eigenvalue weighted by molar-refractivity contribution is 6.06. The zero-order valence-corrected chi connectivity index (χ0v) is 32.4. The normalized spacial score (nSPS) is 10.9. The molecule has 0 aliphatic carbocycles. The third kappa shape index (κ3) is 7.69. The van der Waals surface area contributed by atoms with Gasteiger partial charge in [0.1, 0.15) is 5.75 Å². The molecule has 0 atom stereocenters. The Labute approximate surface area is 331 Å². The number of rotatable bonds is 10. The van der Waals surface area contributed by atoms with Crippen molar-refractivity contribution >= 4 is 51.1 Å². The third-order valence-electron chi connectivity index (χ3n) is 10.5. The summed E-state index contributed by atoms with van der Waals surface area (Å²) in [5.41, 5.74) is 16.3. The van der Waals surface area contributed by atoms with Gasteiger partial charge in [-0.3, -0.25) is 0 Å². The lowest BCUT2D eigenvalue weighted by Crippen LogP contribution is -2.12. The first kappa shape index (κ1) is 36.1. The van der Waals surface area contributed by atoms with Crippen LogP contribution in [-0.4, -0.2) is 7.11 Å². The number of benzene rings is 8. The van der Waals surface area contributed by atoms with Crippen molar-refractivity contribution in [2.24, 2.45) is 0 Å². The van der Waals surface area contributed by atoms with Gasteiger partial charge in [-0.1, -0.05) is 163 Å². The Morgan fingerprint density at radius 2 is 0.946 bits per heavy atom. The summed E-state index contributed by atoms with van der Waals surface area (Å²) in [5, 5.41) is 2.35. The minimum Gasteiger partial charge on any atom is -0.497 e. The highest BCUT2D eigenvalue weighted by Gasteiger charge is 2.19. The van der Waals surface area contributed by atoms with Crippen LogP contribution in [0.5, 0.6) is 5.75 Å². The smallest absolute Gasteiger partial charge is 0.119 e. The molecule has 2 heteroatoms. The van der Waals surface area contributed by atoms with E-state index in [1.165, 1.54) is 60.9 Å². The van der Waals surface area contributed by atoms with Gasteiger partial charge in [0, 0.05) is 16.8 Å². The van der Waals surface area contributed by atoms with Gasteiger partial charge in [-0.25, -0.2) is 0 Å². The van der Waals surface area contributed by atoms with Crippen LogP contribution < -0.4 is 9.64 Å². The number of hydrogen-bond donors (Lipinski definition) is 0. The molecule has 2 nitrogen and oxygen atoms in total. The first-order chi connectivity index (χ1) is 27.4. The quantitative estimate of drug-likeness (QED) is 0.130. The van der Waals surface area contributed by atoms with Gasteiger partial charge in [-0.2, -0.15) is 0 Å². The molecule has 0 saturated carbocycles. The fraction of sp³-hybridized carbons (Fsp3) is 0.0741. The van der Waals surface area contributed by atoms with Crippen molar-refractivity contribution in [3.8, 4) is 5.75 Å². The molecular weight excluding hydrogens is 679 g/mol. The lowest BCUT2D eigenvalue weighted by Gasteiger charge is -2.29. The Morgan fingerprint density at radius 1 is 0.446 bits per heavy atom. The molecule has 0 unspecified atom stereocenters. The second-order valence-corrected chi connectivity index (χ2v) is 14.4. The Morgan fingerprint density at radius 3 is 1.50 bits per heavy atom. The van der Waals surface area contributed by atoms with Crippen molar-refractivity contribution in [3.05, 3.63) is 238 Å². The molecule has 0 spiro atoms. The number of methoxy groups -OCH3 is 1. The van der Waals surface area contributed by atoms with Gasteiger partial charge in [-0.15, -0.1) is 0 Å². The molecular formula is C54H45NO. The second kappa shape index (κ2) is 16.2. The maximum atomic E-state index is 5.64. The molecule has 0 amide bonds. The van der Waals surface area contributed by atoms with Crippen molar-refractivity contribution in [3.63, 3.8) is 0 Å². The van der Waals surface area contributed by atoms with Crippen molar-refractivity contribution in [1.82, 2.24) is 0 Å². The number of aryl methyl sites for hydroxylation is 3. The van der Waals surface area contributed by atoms with Crippen LogP contribution in [0.25, 0.3) is 34.1 Å². The lowest BCUT2D eigenvalue weighted by molar-refractivity contribution is 0.414. The SMILES string of the molecule is COc1ccc(N(c2ccc(C=C(c3ccc(C)cc3)c3ccc(C)cc3)cc2)c2ccc(C=C(c3ccccc3)c3ccccc3)c3ccccc23)c(C)c1. The van der Waals surface area contributed by atoms with Crippen LogP contribution in [0.2, 0.25) is 0 Å². The zero-order valence-electron chi connectivity index (χ0n) is 32.4. The molecule has 0 radical (unpaired) electrons. The standard InChI is InChI=1S/C54H45NO/c1-38-19-25-44(26-20-38)51(45-27-21-39(2)22-28-45)36-41-23-30-47(31-24-41)55(53-34-32-48(56-4)35-40(53)3)54-33-29-46(49-17-11-12-18-50(49)54)37-52(42-13-7-5-8-14-42)43-15-9-6-10-16-43/h5-37H,1-4H3. The Bertz CT molecular complexity index is 2560. The van der Waals surface area contributed by atoms with Crippen molar-refractivity contribution in [2.45, 2.75) is 20.8 Å². The molecule has 0 saturated heterocycles. The molecule has 8 aromatic rings. The molecule has 56 heavy (non-hydrogen) atoms. The largest absolute Gasteiger partial charge is 0.497 e. The molecule has 0 aromatic heterocycles. The summed E-state index contributed by atoms with van der Waals surface area (Å²) in [4.78, 5) is 2.38. The molecule has 0 N–H and O–H groups in total. The first-order valence-corrected chi connectivity index (χ1v) is 19.2. The minimum absolute atomic E-state index is 0.839. The molecule has 0 aliphatic rings. The van der Waals surface area contributed by atoms with Crippen LogP contribution in [0.4, 0.5) is 17.1 Å². The average molecular weight is 724 g/mol. The van der Waals surface area contributed by atoms with Crippen LogP contribution in [0.15, 0.2) is 188 Å². The Kier molecular flexibility index (Phi) is 10.5. The zero-order chi connectivity index (χ0) is 38.4. The van der Waals surface area contributed by atoms with Crippen molar-refractivity contribution in [2.75, 3.05) is 12.0 Å². The highest BCUT2D eigenvalue weighted by Crippen LogP contribution is 2.43. The highest BCUT2D eigenvalue weighted by atomic mass is 16.5. The van der Waals surface area contributed by atoms with Gasteiger partial charge in [0.15, 0.2) is 0 Å². The average Bonchev–Trinajstić information content (AvgIpc) is 3.25. The maximum absolute atomic E-state index is 5.64. The maximum Gasteiger partial charge on any atom is 0.119 e. The molecule has 272 valence electrons. The van der Waals surface area contributed by atoms with Crippen LogP contribution in [0.1, 0.15) is 50.1 Å². The van der Waals surface area contributed by atoms with E-state index in [0.29, 0.717) is 0 Å². The summed E-state index contributed by atoms with van der Waals surface area (Å²) < 4.78 is 5.64. The van der Waals surface area contributed by atoms with Crippen molar-refractivity contribution < 1.29 is 4.74 Å². The van der Waals surface area contributed by atoms with E-state index < -0.39 is 0 Å². The number of nitrogens with zero attached hydrogens (tertiary/aromatic N) is 1. The lowest BCUT2D eigenvalue weighted by atomic mass is 9.93. The third-order valence-corrected chi connectivity index (χ3v) is 10.5. The molecule has 0 bridgehead atoms. The van der Waals surface area contributed by atoms with Gasteiger partial charge in [0.25, 0.3) is 0 Å². The molecule has 0 aliphatic heterocycles. The minimum atomic E-state index is 0.839. The predicted octanol–water partition coefficient (Wildman–Crippen LogP) is 14.4. The van der Waals surface area contributed by atoms with E-state index in [1.807, 2.05) is 6.07 Å². The fourth-order valence-corrected chi connectivity index (χ4v) is 7.45. The molecule has 0 heterocycles. The number of hydrogen-bond acceptors (Lipinski definition) is 2. The van der Waals surface area contributed by atoms with E-state index >= 15 is 0 Å². The van der Waals surface area contributed by atoms with Gasteiger partial charge in [0.2, 0.25) is 0 Å². The van der Waals surface area contributed by atoms with Gasteiger partial charge in [-0.05, 0) is 125 Å². The van der Waals surface area contributed by atoms with Crippen LogP contribution in [0.3, 0.4) is 0 Å². The Balaban J connectivity index is 1.27. The molecule has 8 rings (SSSR count). The van der Waals surface area contributed by atoms with Crippen molar-refractivity contribution in [1.29, 1.82) is 0 Å². The van der Waals surface area contributed by atoms with Gasteiger partial charge >= 0.3 is 0 Å². The number of fused-ring (bicyclic) bond motifs is 1. The summed E-state index contributed by atoms with van der Waals surface area (Å²) >= 11 is 0. The summed E-state index contributed by atoms with van der Waals surface area (Å²) in [5.74, 6) is 0.839. The van der Waals surface area contributed by atoms with Crippen LogP contribution >= 0.6 is 0 Å². The van der Waals surface area contributed by atoms with E-state index in [1.54, 1.807) is 7.11 Å². The summed E-state index contributed by atoms with van der Waals surface area (Å²) in [6, 6.07) is 67.5. The van der Waals surface area contributed by atoms with E-state index in [0.717, 1.165) is 33.9 Å². The second-order valence-electron chi connectivity index (χ2n) is 14.4. The van der Waals surface area contributed by atoms with E-state index in [2.05, 4.69) is 220 Å². The predicted molar refractivity (Wildman–Crippen MR) is 239 cm³/mol. The van der Waals surface area contributed by atoms with Crippen LogP contribution in [-0.2, 0) is 0 Å². The molecule has 8 aromatic carbocycles. The fourth-order valence-electron chi connectivity index (χ4n) is 7.45. The van der Waals surface area contributed by atoms with Crippen LogP contribution in [0, 0.1) is 20.8 Å².